The Morgan fingerprint density at radius 1 is 1.32 bits per heavy atom. The van der Waals surface area contributed by atoms with Crippen LogP contribution in [0.4, 0.5) is 5.69 Å². The van der Waals surface area contributed by atoms with Gasteiger partial charge in [-0.3, -0.25) is 4.79 Å². The van der Waals surface area contributed by atoms with Gasteiger partial charge in [-0.15, -0.1) is 0 Å². The van der Waals surface area contributed by atoms with Crippen LogP contribution < -0.4 is 5.32 Å². The summed E-state index contributed by atoms with van der Waals surface area (Å²) in [5, 5.41) is 12.4. The van der Waals surface area contributed by atoms with Gasteiger partial charge >= 0.3 is 0 Å². The molecule has 5 heteroatoms. The Morgan fingerprint density at radius 3 is 2.74 bits per heavy atom. The maximum atomic E-state index is 12.1. The molecule has 0 aliphatic heterocycles. The van der Waals surface area contributed by atoms with Crippen LogP contribution in [0, 0.1) is 13.8 Å². The second-order valence-electron chi connectivity index (χ2n) is 4.31. The van der Waals surface area contributed by atoms with E-state index in [0.29, 0.717) is 5.69 Å². The summed E-state index contributed by atoms with van der Waals surface area (Å²) < 4.78 is 0.740. The van der Waals surface area contributed by atoms with Gasteiger partial charge < -0.3 is 10.4 Å². The van der Waals surface area contributed by atoms with Crippen molar-refractivity contribution < 1.29 is 9.90 Å². The Bertz CT molecular complexity index is 641. The van der Waals surface area contributed by atoms with Crippen LogP contribution >= 0.6 is 15.9 Å². The molecule has 0 spiro atoms. The van der Waals surface area contributed by atoms with E-state index in [4.69, 9.17) is 0 Å². The zero-order valence-electron chi connectivity index (χ0n) is 10.6. The molecule has 1 amide bonds. The second-order valence-corrected chi connectivity index (χ2v) is 5.06. The monoisotopic (exact) mass is 320 g/mol. The molecule has 1 heterocycles. The number of carbonyl (C=O) groups is 1. The maximum Gasteiger partial charge on any atom is 0.259 e. The summed E-state index contributed by atoms with van der Waals surface area (Å²) in [6, 6.07) is 6.71. The Morgan fingerprint density at radius 2 is 2.05 bits per heavy atom. The average molecular weight is 321 g/mol. The molecule has 19 heavy (non-hydrogen) atoms. The number of carbonyl (C=O) groups excluding carboxylic acids is 1. The fraction of sp³-hybridized carbons (Fsp3) is 0.143. The van der Waals surface area contributed by atoms with Crippen molar-refractivity contribution in [2.75, 3.05) is 5.32 Å². The number of phenolic OH excluding ortho intramolecular Hbond substituents is 1. The van der Waals surface area contributed by atoms with Crippen molar-refractivity contribution in [2.45, 2.75) is 13.8 Å². The molecule has 0 bridgehead atoms. The summed E-state index contributed by atoms with van der Waals surface area (Å²) in [5.74, 6) is -0.394. The Labute approximate surface area is 119 Å². The van der Waals surface area contributed by atoms with Crippen LogP contribution in [0.3, 0.4) is 0 Å². The van der Waals surface area contributed by atoms with E-state index in [1.54, 1.807) is 18.3 Å². The summed E-state index contributed by atoms with van der Waals surface area (Å²) >= 11 is 3.30. The lowest BCUT2D eigenvalue weighted by molar-refractivity contribution is 0.102. The van der Waals surface area contributed by atoms with Gasteiger partial charge in [-0.2, -0.15) is 0 Å². The molecule has 2 N–H and O–H groups in total. The number of benzene rings is 1. The number of pyridine rings is 1. The predicted molar refractivity (Wildman–Crippen MR) is 77.5 cm³/mol. The predicted octanol–water partition coefficient (Wildman–Crippen LogP) is 3.42. The molecular formula is C14H13BrN2O2. The molecule has 0 aliphatic carbocycles. The molecule has 2 rings (SSSR count). The van der Waals surface area contributed by atoms with Crippen LogP contribution in [0.25, 0.3) is 0 Å². The van der Waals surface area contributed by atoms with Crippen LogP contribution in [0.5, 0.6) is 5.75 Å². The quantitative estimate of drug-likeness (QED) is 0.833. The minimum Gasteiger partial charge on any atom is -0.507 e. The van der Waals surface area contributed by atoms with Gasteiger partial charge in [-0.25, -0.2) is 4.98 Å². The van der Waals surface area contributed by atoms with Crippen LogP contribution in [0.15, 0.2) is 35.1 Å². The molecule has 0 fully saturated rings. The minimum atomic E-state index is -0.357. The Hall–Kier alpha value is -1.88. The number of hydrogen-bond acceptors (Lipinski definition) is 3. The molecule has 0 saturated heterocycles. The number of nitrogens with one attached hydrogen (secondary N) is 1. The Kier molecular flexibility index (Phi) is 3.85. The van der Waals surface area contributed by atoms with E-state index in [1.165, 1.54) is 6.07 Å². The molecule has 0 atom stereocenters. The molecule has 1 aromatic heterocycles. The fourth-order valence-electron chi connectivity index (χ4n) is 1.66. The van der Waals surface area contributed by atoms with Gasteiger partial charge in [0.2, 0.25) is 0 Å². The van der Waals surface area contributed by atoms with Gasteiger partial charge in [0.05, 0.1) is 17.4 Å². The SMILES string of the molecule is Cc1ccc(O)c(C(=O)Nc2cnc(Br)c(C)c2)c1. The van der Waals surface area contributed by atoms with Crippen LogP contribution in [-0.4, -0.2) is 16.0 Å². The van der Waals surface area contributed by atoms with Crippen molar-refractivity contribution in [1.29, 1.82) is 0 Å². The first kappa shape index (κ1) is 13.5. The van der Waals surface area contributed by atoms with Crippen molar-refractivity contribution in [3.05, 3.63) is 51.8 Å². The van der Waals surface area contributed by atoms with Crippen molar-refractivity contribution in [3.63, 3.8) is 0 Å². The molecule has 0 aliphatic rings. The highest BCUT2D eigenvalue weighted by Crippen LogP contribution is 2.21. The maximum absolute atomic E-state index is 12.1. The second kappa shape index (κ2) is 5.40. The van der Waals surface area contributed by atoms with Gasteiger partial charge in [-0.1, -0.05) is 11.6 Å². The number of nitrogens with zero attached hydrogens (tertiary/aromatic N) is 1. The number of halogens is 1. The summed E-state index contributed by atoms with van der Waals surface area (Å²) in [4.78, 5) is 16.2. The van der Waals surface area contributed by atoms with Gasteiger partial charge in [0.25, 0.3) is 5.91 Å². The summed E-state index contributed by atoms with van der Waals surface area (Å²) in [5.41, 5.74) is 2.67. The lowest BCUT2D eigenvalue weighted by Gasteiger charge is -2.08. The number of hydrogen-bond donors (Lipinski definition) is 2. The van der Waals surface area contributed by atoms with E-state index in [1.807, 2.05) is 19.9 Å². The van der Waals surface area contributed by atoms with Crippen LogP contribution in [0.1, 0.15) is 21.5 Å². The first-order valence-electron chi connectivity index (χ1n) is 5.70. The molecule has 4 nitrogen and oxygen atoms in total. The van der Waals surface area contributed by atoms with E-state index >= 15 is 0 Å². The van der Waals surface area contributed by atoms with Gasteiger partial charge in [0.1, 0.15) is 10.4 Å². The minimum absolute atomic E-state index is 0.0371. The van der Waals surface area contributed by atoms with E-state index in [2.05, 4.69) is 26.2 Å². The third kappa shape index (κ3) is 3.12. The standard InChI is InChI=1S/C14H13BrN2O2/c1-8-3-4-12(18)11(5-8)14(19)17-10-6-9(2)13(15)16-7-10/h3-7,18H,1-2H3,(H,17,19). The number of aromatic nitrogens is 1. The van der Waals surface area contributed by atoms with E-state index in [-0.39, 0.29) is 17.2 Å². The van der Waals surface area contributed by atoms with Gasteiger partial charge in [0, 0.05) is 0 Å². The molecule has 0 saturated carbocycles. The number of phenols is 1. The van der Waals surface area contributed by atoms with Crippen molar-refractivity contribution >= 4 is 27.5 Å². The molecule has 0 radical (unpaired) electrons. The highest BCUT2D eigenvalue weighted by atomic mass is 79.9. The molecule has 0 unspecified atom stereocenters. The van der Waals surface area contributed by atoms with Crippen LogP contribution in [-0.2, 0) is 0 Å². The van der Waals surface area contributed by atoms with E-state index < -0.39 is 0 Å². The highest BCUT2D eigenvalue weighted by molar-refractivity contribution is 9.10. The molecule has 1 aromatic carbocycles. The first-order chi connectivity index (χ1) is 8.97. The molecule has 2 aromatic rings. The normalized spacial score (nSPS) is 10.3. The Balaban J connectivity index is 2.25. The van der Waals surface area contributed by atoms with Gasteiger partial charge in [-0.05, 0) is 53.5 Å². The van der Waals surface area contributed by atoms with Gasteiger partial charge in [0.15, 0.2) is 0 Å². The van der Waals surface area contributed by atoms with Crippen molar-refractivity contribution in [2.24, 2.45) is 0 Å². The molecular weight excluding hydrogens is 308 g/mol. The zero-order chi connectivity index (χ0) is 14.0. The molecule has 98 valence electrons. The third-order valence-electron chi connectivity index (χ3n) is 2.67. The van der Waals surface area contributed by atoms with Crippen molar-refractivity contribution in [3.8, 4) is 5.75 Å². The number of aryl methyl sites for hydroxylation is 2. The topological polar surface area (TPSA) is 62.2 Å². The highest BCUT2D eigenvalue weighted by Gasteiger charge is 2.12. The van der Waals surface area contributed by atoms with Crippen LogP contribution in [0.2, 0.25) is 0 Å². The number of rotatable bonds is 2. The zero-order valence-corrected chi connectivity index (χ0v) is 12.2. The smallest absolute Gasteiger partial charge is 0.259 e. The summed E-state index contributed by atoms with van der Waals surface area (Å²) in [7, 11) is 0. The van der Waals surface area contributed by atoms with Crippen molar-refractivity contribution in [1.82, 2.24) is 4.98 Å². The van der Waals surface area contributed by atoms with E-state index in [0.717, 1.165) is 15.7 Å². The third-order valence-corrected chi connectivity index (χ3v) is 3.50. The largest absolute Gasteiger partial charge is 0.507 e. The number of anilines is 1. The first-order valence-corrected chi connectivity index (χ1v) is 6.50. The fourth-order valence-corrected chi connectivity index (χ4v) is 1.87. The lowest BCUT2D eigenvalue weighted by Crippen LogP contribution is -2.12. The summed E-state index contributed by atoms with van der Waals surface area (Å²) in [6.45, 7) is 3.75. The summed E-state index contributed by atoms with van der Waals surface area (Å²) in [6.07, 6.45) is 1.56. The lowest BCUT2D eigenvalue weighted by atomic mass is 10.1. The number of aromatic hydroxyl groups is 1. The van der Waals surface area contributed by atoms with E-state index in [9.17, 15) is 9.90 Å². The average Bonchev–Trinajstić information content (AvgIpc) is 2.36. The number of amides is 1.